The van der Waals surface area contributed by atoms with E-state index in [1.165, 1.54) is 0 Å². The lowest BCUT2D eigenvalue weighted by molar-refractivity contribution is 0.0701. The first-order chi connectivity index (χ1) is 8.52. The molecule has 0 spiro atoms. The number of thiazole rings is 1. The van der Waals surface area contributed by atoms with Crippen molar-refractivity contribution in [2.75, 3.05) is 7.11 Å². The minimum absolute atomic E-state index is 0.233. The molecule has 2 aromatic rings. The maximum absolute atomic E-state index is 11.0. The molecule has 1 aromatic carbocycles. The molecule has 0 atom stereocenters. The van der Waals surface area contributed by atoms with Crippen LogP contribution in [0.3, 0.4) is 0 Å². The molecule has 0 saturated carbocycles. The van der Waals surface area contributed by atoms with Gasteiger partial charge in [-0.3, -0.25) is 0 Å². The van der Waals surface area contributed by atoms with Crippen LogP contribution in [-0.2, 0) is 0 Å². The normalized spacial score (nSPS) is 10.4. The average Bonchev–Trinajstić information content (AvgIpc) is 2.71. The molecule has 1 heterocycles. The minimum Gasteiger partial charge on any atom is -0.497 e. The molecular formula is C12H10ClNO3S. The van der Waals surface area contributed by atoms with Gasteiger partial charge in [-0.05, 0) is 25.1 Å². The number of methoxy groups -OCH3 is 1. The summed E-state index contributed by atoms with van der Waals surface area (Å²) in [5.41, 5.74) is 1.20. The van der Waals surface area contributed by atoms with Crippen LogP contribution in [0.25, 0.3) is 10.6 Å². The summed E-state index contributed by atoms with van der Waals surface area (Å²) in [6.07, 6.45) is 0. The number of aryl methyl sites for hydroxylation is 1. The zero-order chi connectivity index (χ0) is 13.3. The van der Waals surface area contributed by atoms with E-state index in [0.29, 0.717) is 27.0 Å². The van der Waals surface area contributed by atoms with E-state index in [2.05, 4.69) is 4.98 Å². The standard InChI is InChI=1S/C12H10ClNO3S/c1-6-10(12(15)16)18-11(14-6)8-4-3-7(17-2)5-9(8)13/h3-5H,1-2H3,(H,15,16). The van der Waals surface area contributed by atoms with E-state index >= 15 is 0 Å². The second-order valence-corrected chi connectivity index (χ2v) is 4.99. The Morgan fingerprint density at radius 3 is 2.72 bits per heavy atom. The van der Waals surface area contributed by atoms with E-state index in [1.54, 1.807) is 32.2 Å². The summed E-state index contributed by atoms with van der Waals surface area (Å²) >= 11 is 7.24. The van der Waals surface area contributed by atoms with Gasteiger partial charge >= 0.3 is 5.97 Å². The van der Waals surface area contributed by atoms with Gasteiger partial charge in [0, 0.05) is 5.56 Å². The number of aromatic carboxylic acids is 1. The molecule has 1 aromatic heterocycles. The summed E-state index contributed by atoms with van der Waals surface area (Å²) in [5, 5.41) is 10.1. The predicted molar refractivity (Wildman–Crippen MR) is 70.8 cm³/mol. The van der Waals surface area contributed by atoms with Gasteiger partial charge in [-0.25, -0.2) is 9.78 Å². The quantitative estimate of drug-likeness (QED) is 0.937. The summed E-state index contributed by atoms with van der Waals surface area (Å²) in [6, 6.07) is 5.21. The molecule has 0 amide bonds. The molecule has 0 aliphatic heterocycles. The molecule has 0 saturated heterocycles. The van der Waals surface area contributed by atoms with Gasteiger partial charge < -0.3 is 9.84 Å². The summed E-state index contributed by atoms with van der Waals surface area (Å²) in [5.74, 6) is -0.323. The highest BCUT2D eigenvalue weighted by Gasteiger charge is 2.16. The third-order valence-electron chi connectivity index (χ3n) is 2.40. The highest BCUT2D eigenvalue weighted by Crippen LogP contribution is 2.34. The molecule has 0 unspecified atom stereocenters. The lowest BCUT2D eigenvalue weighted by Crippen LogP contribution is -1.94. The fraction of sp³-hybridized carbons (Fsp3) is 0.167. The first-order valence-electron chi connectivity index (χ1n) is 5.07. The van der Waals surface area contributed by atoms with Gasteiger partial charge in [-0.1, -0.05) is 11.6 Å². The number of hydrogen-bond acceptors (Lipinski definition) is 4. The minimum atomic E-state index is -0.971. The lowest BCUT2D eigenvalue weighted by Gasteiger charge is -2.03. The zero-order valence-corrected chi connectivity index (χ0v) is 11.3. The van der Waals surface area contributed by atoms with Crippen LogP contribution in [0.2, 0.25) is 5.02 Å². The smallest absolute Gasteiger partial charge is 0.347 e. The number of nitrogens with zero attached hydrogens (tertiary/aromatic N) is 1. The maximum Gasteiger partial charge on any atom is 0.347 e. The van der Waals surface area contributed by atoms with Gasteiger partial charge in [-0.15, -0.1) is 11.3 Å². The number of rotatable bonds is 3. The van der Waals surface area contributed by atoms with Crippen molar-refractivity contribution in [3.05, 3.63) is 33.8 Å². The largest absolute Gasteiger partial charge is 0.497 e. The molecule has 0 aliphatic carbocycles. The zero-order valence-electron chi connectivity index (χ0n) is 9.73. The Hall–Kier alpha value is -1.59. The first-order valence-corrected chi connectivity index (χ1v) is 6.27. The van der Waals surface area contributed by atoms with Gasteiger partial charge in [0.1, 0.15) is 15.6 Å². The number of aromatic nitrogens is 1. The number of halogens is 1. The highest BCUT2D eigenvalue weighted by molar-refractivity contribution is 7.17. The van der Waals surface area contributed by atoms with Crippen molar-refractivity contribution in [3.8, 4) is 16.3 Å². The first kappa shape index (κ1) is 12.9. The van der Waals surface area contributed by atoms with Crippen LogP contribution in [0.5, 0.6) is 5.75 Å². The molecule has 18 heavy (non-hydrogen) atoms. The highest BCUT2D eigenvalue weighted by atomic mass is 35.5. The number of carboxylic acid groups (broad SMARTS) is 1. The second kappa shape index (κ2) is 4.96. The third-order valence-corrected chi connectivity index (χ3v) is 3.89. The Morgan fingerprint density at radius 1 is 1.50 bits per heavy atom. The third kappa shape index (κ3) is 2.32. The van der Waals surface area contributed by atoms with Crippen LogP contribution >= 0.6 is 22.9 Å². The molecule has 1 N–H and O–H groups in total. The van der Waals surface area contributed by atoms with Crippen LogP contribution in [0.15, 0.2) is 18.2 Å². The fourth-order valence-corrected chi connectivity index (χ4v) is 2.77. The molecule has 0 bridgehead atoms. The number of carboxylic acids is 1. The Labute approximate surface area is 113 Å². The van der Waals surface area contributed by atoms with Crippen LogP contribution in [0.1, 0.15) is 15.4 Å². The molecule has 0 radical (unpaired) electrons. The van der Waals surface area contributed by atoms with Crippen LogP contribution in [-0.4, -0.2) is 23.2 Å². The van der Waals surface area contributed by atoms with Crippen LogP contribution < -0.4 is 4.74 Å². The van der Waals surface area contributed by atoms with Crippen molar-refractivity contribution >= 4 is 28.9 Å². The van der Waals surface area contributed by atoms with Gasteiger partial charge in [0.05, 0.1) is 17.8 Å². The number of carbonyl (C=O) groups is 1. The molecule has 6 heteroatoms. The van der Waals surface area contributed by atoms with E-state index < -0.39 is 5.97 Å². The van der Waals surface area contributed by atoms with Crippen molar-refractivity contribution < 1.29 is 14.6 Å². The second-order valence-electron chi connectivity index (χ2n) is 3.58. The number of ether oxygens (including phenoxy) is 1. The summed E-state index contributed by atoms with van der Waals surface area (Å²) < 4.78 is 5.06. The van der Waals surface area contributed by atoms with Crippen molar-refractivity contribution in [3.63, 3.8) is 0 Å². The topological polar surface area (TPSA) is 59.4 Å². The monoisotopic (exact) mass is 283 g/mol. The van der Waals surface area contributed by atoms with Gasteiger partial charge in [-0.2, -0.15) is 0 Å². The van der Waals surface area contributed by atoms with E-state index in [4.69, 9.17) is 21.4 Å². The van der Waals surface area contributed by atoms with Crippen molar-refractivity contribution in [1.82, 2.24) is 4.98 Å². The Balaban J connectivity index is 2.49. The van der Waals surface area contributed by atoms with Crippen molar-refractivity contribution in [1.29, 1.82) is 0 Å². The van der Waals surface area contributed by atoms with Crippen molar-refractivity contribution in [2.24, 2.45) is 0 Å². The molecule has 0 fully saturated rings. The number of hydrogen-bond donors (Lipinski definition) is 1. The summed E-state index contributed by atoms with van der Waals surface area (Å²) in [4.78, 5) is 15.4. The molecule has 0 aliphatic rings. The summed E-state index contributed by atoms with van der Waals surface area (Å²) in [6.45, 7) is 1.67. The lowest BCUT2D eigenvalue weighted by atomic mass is 10.2. The van der Waals surface area contributed by atoms with Gasteiger partial charge in [0.15, 0.2) is 0 Å². The van der Waals surface area contributed by atoms with Gasteiger partial charge in [0.25, 0.3) is 0 Å². The van der Waals surface area contributed by atoms with E-state index in [1.807, 2.05) is 0 Å². The summed E-state index contributed by atoms with van der Waals surface area (Å²) in [7, 11) is 1.56. The SMILES string of the molecule is COc1ccc(-c2nc(C)c(C(=O)O)s2)c(Cl)c1. The Morgan fingerprint density at radius 2 is 2.22 bits per heavy atom. The maximum atomic E-state index is 11.0. The van der Waals surface area contributed by atoms with E-state index in [0.717, 1.165) is 11.3 Å². The number of benzene rings is 1. The van der Waals surface area contributed by atoms with Gasteiger partial charge in [0.2, 0.25) is 0 Å². The average molecular weight is 284 g/mol. The molecule has 2 rings (SSSR count). The van der Waals surface area contributed by atoms with E-state index in [9.17, 15) is 4.79 Å². The fourth-order valence-electron chi connectivity index (χ4n) is 1.51. The predicted octanol–water partition coefficient (Wildman–Crippen LogP) is 3.48. The Bertz CT molecular complexity index is 609. The van der Waals surface area contributed by atoms with Crippen LogP contribution in [0.4, 0.5) is 0 Å². The molecule has 94 valence electrons. The molecular weight excluding hydrogens is 274 g/mol. The molecule has 4 nitrogen and oxygen atoms in total. The van der Waals surface area contributed by atoms with Crippen LogP contribution in [0, 0.1) is 6.92 Å². The van der Waals surface area contributed by atoms with E-state index in [-0.39, 0.29) is 4.88 Å². The van der Waals surface area contributed by atoms with Crippen molar-refractivity contribution in [2.45, 2.75) is 6.92 Å². The Kier molecular flexibility index (Phi) is 3.54.